The van der Waals surface area contributed by atoms with Crippen LogP contribution in [-0.2, 0) is 5.75 Å². The van der Waals surface area contributed by atoms with Crippen LogP contribution in [0.15, 0.2) is 27.4 Å². The maximum atomic E-state index is 13.2. The second kappa shape index (κ2) is 7.09. The first-order valence-electron chi connectivity index (χ1n) is 5.85. The zero-order chi connectivity index (χ0) is 14.4. The molecular weight excluding hydrogens is 290 g/mol. The van der Waals surface area contributed by atoms with Gasteiger partial charge in [-0.05, 0) is 24.3 Å². The van der Waals surface area contributed by atoms with Crippen molar-refractivity contribution in [1.29, 1.82) is 0 Å². The Morgan fingerprint density at radius 2 is 2.25 bits per heavy atom. The first-order valence-corrected chi connectivity index (χ1v) is 7.00. The third-order valence-corrected chi connectivity index (χ3v) is 3.32. The first-order chi connectivity index (χ1) is 9.65. The summed E-state index contributed by atoms with van der Waals surface area (Å²) in [6.45, 7) is 0.320. The lowest BCUT2D eigenvalue weighted by Gasteiger charge is -2.06. The average molecular weight is 302 g/mol. The summed E-state index contributed by atoms with van der Waals surface area (Å²) >= 11 is 1.51. The van der Waals surface area contributed by atoms with Crippen LogP contribution in [0.3, 0.4) is 0 Å². The molecule has 0 saturated heterocycles. The van der Waals surface area contributed by atoms with Crippen LogP contribution in [0, 0.1) is 11.6 Å². The molecule has 1 aromatic carbocycles. The van der Waals surface area contributed by atoms with Crippen molar-refractivity contribution in [2.24, 2.45) is 0 Å². The average Bonchev–Trinajstić information content (AvgIpc) is 2.81. The molecule has 1 heterocycles. The number of nitrogens with zero attached hydrogens (tertiary/aromatic N) is 1. The third kappa shape index (κ3) is 4.37. The second-order valence-corrected chi connectivity index (χ2v) is 4.94. The summed E-state index contributed by atoms with van der Waals surface area (Å²) in [4.78, 5) is 10.7. The minimum atomic E-state index is -0.712. The maximum absolute atomic E-state index is 13.2. The minimum absolute atomic E-state index is 0.0368. The van der Waals surface area contributed by atoms with Crippen LogP contribution < -0.4 is 10.5 Å². The molecule has 0 radical (unpaired) electrons. The Morgan fingerprint density at radius 1 is 1.40 bits per heavy atom. The van der Waals surface area contributed by atoms with Gasteiger partial charge in [0.2, 0.25) is 5.89 Å². The Morgan fingerprint density at radius 3 is 2.95 bits per heavy atom. The van der Waals surface area contributed by atoms with E-state index >= 15 is 0 Å². The van der Waals surface area contributed by atoms with E-state index in [1.807, 2.05) is 0 Å². The SMILES string of the molecule is O=c1[nH]nc(CSCCCOc2ccc(F)cc2F)o1. The molecule has 2 rings (SSSR count). The second-order valence-electron chi connectivity index (χ2n) is 3.84. The number of ether oxygens (including phenoxy) is 1. The van der Waals surface area contributed by atoms with Crippen molar-refractivity contribution in [1.82, 2.24) is 10.2 Å². The van der Waals surface area contributed by atoms with E-state index in [-0.39, 0.29) is 5.75 Å². The van der Waals surface area contributed by atoms with E-state index in [0.29, 0.717) is 24.7 Å². The van der Waals surface area contributed by atoms with Crippen LogP contribution in [0.2, 0.25) is 0 Å². The van der Waals surface area contributed by atoms with Crippen LogP contribution >= 0.6 is 11.8 Å². The summed E-state index contributed by atoms with van der Waals surface area (Å²) in [5.41, 5.74) is 0. The fourth-order valence-electron chi connectivity index (χ4n) is 1.42. The summed E-state index contributed by atoms with van der Waals surface area (Å²) in [6, 6.07) is 3.19. The highest BCUT2D eigenvalue weighted by Gasteiger charge is 2.05. The van der Waals surface area contributed by atoms with Crippen molar-refractivity contribution in [2.75, 3.05) is 12.4 Å². The molecule has 20 heavy (non-hydrogen) atoms. The van der Waals surface area contributed by atoms with Crippen LogP contribution in [0.1, 0.15) is 12.3 Å². The quantitative estimate of drug-likeness (QED) is 0.795. The smallest absolute Gasteiger partial charge is 0.434 e. The first kappa shape index (κ1) is 14.6. The van der Waals surface area contributed by atoms with Gasteiger partial charge in [-0.2, -0.15) is 11.8 Å². The van der Waals surface area contributed by atoms with Gasteiger partial charge < -0.3 is 9.15 Å². The molecule has 0 aliphatic carbocycles. The van der Waals surface area contributed by atoms with E-state index in [1.54, 1.807) is 0 Å². The summed E-state index contributed by atoms with van der Waals surface area (Å²) in [7, 11) is 0. The number of hydrogen-bond donors (Lipinski definition) is 1. The molecular formula is C12H12F2N2O3S. The number of hydrogen-bond acceptors (Lipinski definition) is 5. The third-order valence-electron chi connectivity index (χ3n) is 2.29. The molecule has 108 valence electrons. The number of halogens is 2. The van der Waals surface area contributed by atoms with E-state index in [0.717, 1.165) is 17.9 Å². The highest BCUT2D eigenvalue weighted by molar-refractivity contribution is 7.98. The predicted molar refractivity (Wildman–Crippen MR) is 69.8 cm³/mol. The van der Waals surface area contributed by atoms with Crippen molar-refractivity contribution >= 4 is 11.8 Å². The van der Waals surface area contributed by atoms with Crippen molar-refractivity contribution < 1.29 is 17.9 Å². The van der Waals surface area contributed by atoms with Crippen molar-refractivity contribution in [3.05, 3.63) is 46.3 Å². The molecule has 0 spiro atoms. The monoisotopic (exact) mass is 302 g/mol. The van der Waals surface area contributed by atoms with Gasteiger partial charge in [-0.15, -0.1) is 5.10 Å². The van der Waals surface area contributed by atoms with Gasteiger partial charge in [0.1, 0.15) is 5.82 Å². The number of nitrogens with one attached hydrogen (secondary N) is 1. The molecule has 0 unspecified atom stereocenters. The Labute approximate surface area is 117 Å². The molecule has 2 aromatic rings. The zero-order valence-corrected chi connectivity index (χ0v) is 11.2. The fourth-order valence-corrected chi connectivity index (χ4v) is 2.18. The zero-order valence-electron chi connectivity index (χ0n) is 10.4. The van der Waals surface area contributed by atoms with Crippen molar-refractivity contribution in [3.8, 4) is 5.75 Å². The Hall–Kier alpha value is -1.83. The summed E-state index contributed by atoms with van der Waals surface area (Å²) in [6.07, 6.45) is 0.677. The lowest BCUT2D eigenvalue weighted by molar-refractivity contribution is 0.301. The molecule has 0 amide bonds. The summed E-state index contributed by atoms with van der Waals surface area (Å²) in [5.74, 6) is -0.332. The van der Waals surface area contributed by atoms with Crippen LogP contribution in [-0.4, -0.2) is 22.6 Å². The highest BCUT2D eigenvalue weighted by atomic mass is 32.2. The number of thioether (sulfide) groups is 1. The maximum Gasteiger partial charge on any atom is 0.434 e. The topological polar surface area (TPSA) is 68.1 Å². The molecule has 0 aliphatic rings. The number of aromatic amines is 1. The van der Waals surface area contributed by atoms with E-state index in [1.165, 1.54) is 17.8 Å². The normalized spacial score (nSPS) is 10.7. The number of benzene rings is 1. The molecule has 5 nitrogen and oxygen atoms in total. The standard InChI is InChI=1S/C12H12F2N2O3S/c13-8-2-3-10(9(14)6-8)18-4-1-5-20-7-11-15-16-12(17)19-11/h2-3,6H,1,4-5,7H2,(H,16,17). The van der Waals surface area contributed by atoms with Gasteiger partial charge in [-0.3, -0.25) is 0 Å². The molecule has 1 aromatic heterocycles. The highest BCUT2D eigenvalue weighted by Crippen LogP contribution is 2.18. The van der Waals surface area contributed by atoms with Gasteiger partial charge >= 0.3 is 5.76 Å². The Bertz CT molecular complexity index is 615. The van der Waals surface area contributed by atoms with Crippen LogP contribution in [0.25, 0.3) is 0 Å². The molecule has 0 saturated carbocycles. The van der Waals surface area contributed by atoms with E-state index < -0.39 is 17.4 Å². The molecule has 1 N–H and O–H groups in total. The molecule has 8 heteroatoms. The molecule has 0 atom stereocenters. The number of rotatable bonds is 7. The van der Waals surface area contributed by atoms with Crippen molar-refractivity contribution in [2.45, 2.75) is 12.2 Å². The molecule has 0 aliphatic heterocycles. The van der Waals surface area contributed by atoms with Gasteiger partial charge in [0.15, 0.2) is 11.6 Å². The van der Waals surface area contributed by atoms with Gasteiger partial charge in [0.05, 0.1) is 12.4 Å². The summed E-state index contributed by atoms with van der Waals surface area (Å²) in [5, 5.41) is 5.83. The number of H-pyrrole nitrogens is 1. The van der Waals surface area contributed by atoms with Gasteiger partial charge in [-0.1, -0.05) is 0 Å². The van der Waals surface area contributed by atoms with Crippen LogP contribution in [0.5, 0.6) is 5.75 Å². The molecule has 0 fully saturated rings. The Kier molecular flexibility index (Phi) is 5.16. The van der Waals surface area contributed by atoms with E-state index in [9.17, 15) is 13.6 Å². The van der Waals surface area contributed by atoms with E-state index in [2.05, 4.69) is 10.2 Å². The van der Waals surface area contributed by atoms with E-state index in [4.69, 9.17) is 9.15 Å². The predicted octanol–water partition coefficient (Wildman–Crippen LogP) is 2.34. The fraction of sp³-hybridized carbons (Fsp3) is 0.333. The van der Waals surface area contributed by atoms with Gasteiger partial charge in [0, 0.05) is 6.07 Å². The van der Waals surface area contributed by atoms with Gasteiger partial charge in [0.25, 0.3) is 0 Å². The number of aromatic nitrogens is 2. The largest absolute Gasteiger partial charge is 0.490 e. The van der Waals surface area contributed by atoms with Gasteiger partial charge in [-0.25, -0.2) is 18.7 Å². The Balaban J connectivity index is 1.63. The lowest BCUT2D eigenvalue weighted by atomic mass is 10.3. The summed E-state index contributed by atoms with van der Waals surface area (Å²) < 4.78 is 35.8. The van der Waals surface area contributed by atoms with Crippen molar-refractivity contribution in [3.63, 3.8) is 0 Å². The minimum Gasteiger partial charge on any atom is -0.490 e. The lowest BCUT2D eigenvalue weighted by Crippen LogP contribution is -2.01. The van der Waals surface area contributed by atoms with Crippen LogP contribution in [0.4, 0.5) is 8.78 Å². The molecule has 0 bridgehead atoms.